The van der Waals surface area contributed by atoms with Gasteiger partial charge in [0.05, 0.1) is 19.8 Å². The van der Waals surface area contributed by atoms with Gasteiger partial charge >= 0.3 is 0 Å². The van der Waals surface area contributed by atoms with Gasteiger partial charge in [-0.05, 0) is 25.3 Å². The summed E-state index contributed by atoms with van der Waals surface area (Å²) in [6, 6.07) is 0. The van der Waals surface area contributed by atoms with Crippen LogP contribution in [0.3, 0.4) is 0 Å². The van der Waals surface area contributed by atoms with Crippen LogP contribution in [0.1, 0.15) is 19.8 Å². The van der Waals surface area contributed by atoms with E-state index >= 15 is 0 Å². The molecule has 0 spiro atoms. The molecule has 3 N–H and O–H groups in total. The fourth-order valence-electron chi connectivity index (χ4n) is 0.941. The van der Waals surface area contributed by atoms with Crippen molar-refractivity contribution in [1.29, 1.82) is 0 Å². The summed E-state index contributed by atoms with van der Waals surface area (Å²) in [5.41, 5.74) is 1.77. The van der Waals surface area contributed by atoms with E-state index in [1.54, 1.807) is 6.08 Å². The minimum absolute atomic E-state index is 0.0718. The Morgan fingerprint density at radius 3 is 2.15 bits per heavy atom. The standard InChI is InChI=1S/C10H18O3/c1-9(5-6-11)3-2-4-10(7-12)8-13/h4-5,11-13H,2-3,6-8H2,1H3. The summed E-state index contributed by atoms with van der Waals surface area (Å²) in [5.74, 6) is 0. The van der Waals surface area contributed by atoms with Crippen LogP contribution in [0, 0.1) is 0 Å². The van der Waals surface area contributed by atoms with Crippen LogP contribution in [-0.2, 0) is 0 Å². The number of hydrogen-bond donors (Lipinski definition) is 3. The lowest BCUT2D eigenvalue weighted by Gasteiger charge is -2.00. The molecule has 0 saturated heterocycles. The highest BCUT2D eigenvalue weighted by atomic mass is 16.3. The largest absolute Gasteiger partial charge is 0.392 e. The summed E-state index contributed by atoms with van der Waals surface area (Å²) < 4.78 is 0. The van der Waals surface area contributed by atoms with Crippen molar-refractivity contribution in [3.05, 3.63) is 23.3 Å². The Balaban J connectivity index is 3.76. The van der Waals surface area contributed by atoms with Gasteiger partial charge in [0.1, 0.15) is 0 Å². The summed E-state index contributed by atoms with van der Waals surface area (Å²) in [5, 5.41) is 26.0. The van der Waals surface area contributed by atoms with E-state index in [2.05, 4.69) is 0 Å². The first-order valence-electron chi connectivity index (χ1n) is 4.40. The molecule has 0 aliphatic rings. The van der Waals surface area contributed by atoms with Gasteiger partial charge in [-0.1, -0.05) is 17.7 Å². The van der Waals surface area contributed by atoms with Crippen LogP contribution in [0.15, 0.2) is 23.3 Å². The van der Waals surface area contributed by atoms with Gasteiger partial charge in [0, 0.05) is 0 Å². The first-order chi connectivity index (χ1) is 6.24. The van der Waals surface area contributed by atoms with Gasteiger partial charge in [0.2, 0.25) is 0 Å². The maximum Gasteiger partial charge on any atom is 0.0663 e. The highest BCUT2D eigenvalue weighted by Crippen LogP contribution is 2.05. The second-order valence-electron chi connectivity index (χ2n) is 2.95. The summed E-state index contributed by atoms with van der Waals surface area (Å²) in [7, 11) is 0. The second kappa shape index (κ2) is 7.98. The number of aliphatic hydroxyl groups excluding tert-OH is 3. The third kappa shape index (κ3) is 6.51. The fourth-order valence-corrected chi connectivity index (χ4v) is 0.941. The van der Waals surface area contributed by atoms with Gasteiger partial charge in [0.25, 0.3) is 0 Å². The lowest BCUT2D eigenvalue weighted by molar-refractivity contribution is 0.276. The third-order valence-electron chi connectivity index (χ3n) is 1.82. The first-order valence-corrected chi connectivity index (χ1v) is 4.40. The molecule has 0 aliphatic heterocycles. The van der Waals surface area contributed by atoms with E-state index in [1.807, 2.05) is 13.0 Å². The Kier molecular flexibility index (Phi) is 7.59. The molecular formula is C10H18O3. The quantitative estimate of drug-likeness (QED) is 0.533. The van der Waals surface area contributed by atoms with Crippen LogP contribution in [0.5, 0.6) is 0 Å². The molecule has 0 rings (SSSR count). The molecular weight excluding hydrogens is 168 g/mol. The van der Waals surface area contributed by atoms with E-state index in [0.29, 0.717) is 5.57 Å². The minimum Gasteiger partial charge on any atom is -0.392 e. The highest BCUT2D eigenvalue weighted by molar-refractivity contribution is 5.05. The van der Waals surface area contributed by atoms with Gasteiger partial charge in [0.15, 0.2) is 0 Å². The second-order valence-corrected chi connectivity index (χ2v) is 2.95. The maximum absolute atomic E-state index is 8.71. The molecule has 76 valence electrons. The zero-order valence-electron chi connectivity index (χ0n) is 8.03. The highest BCUT2D eigenvalue weighted by Gasteiger charge is 1.92. The summed E-state index contributed by atoms with van der Waals surface area (Å²) >= 11 is 0. The van der Waals surface area contributed by atoms with E-state index < -0.39 is 0 Å². The lowest BCUT2D eigenvalue weighted by Crippen LogP contribution is -1.95. The molecule has 0 fully saturated rings. The molecule has 3 nitrogen and oxygen atoms in total. The number of rotatable bonds is 6. The number of allylic oxidation sites excluding steroid dienone is 2. The smallest absolute Gasteiger partial charge is 0.0663 e. The maximum atomic E-state index is 8.71. The topological polar surface area (TPSA) is 60.7 Å². The molecule has 0 aliphatic carbocycles. The van der Waals surface area contributed by atoms with Crippen LogP contribution < -0.4 is 0 Å². The van der Waals surface area contributed by atoms with Crippen molar-refractivity contribution < 1.29 is 15.3 Å². The summed E-state index contributed by atoms with van der Waals surface area (Å²) in [6.45, 7) is 1.85. The van der Waals surface area contributed by atoms with E-state index in [9.17, 15) is 0 Å². The van der Waals surface area contributed by atoms with Crippen molar-refractivity contribution in [3.8, 4) is 0 Å². The average molecular weight is 186 g/mol. The molecule has 0 aromatic carbocycles. The molecule has 0 saturated carbocycles. The normalized spacial score (nSPS) is 11.5. The zero-order valence-corrected chi connectivity index (χ0v) is 8.03. The molecule has 0 unspecified atom stereocenters. The van der Waals surface area contributed by atoms with Gasteiger partial charge in [-0.3, -0.25) is 0 Å². The van der Waals surface area contributed by atoms with E-state index in [1.165, 1.54) is 0 Å². The van der Waals surface area contributed by atoms with Crippen LogP contribution in [0.25, 0.3) is 0 Å². The monoisotopic (exact) mass is 186 g/mol. The van der Waals surface area contributed by atoms with Crippen LogP contribution in [0.4, 0.5) is 0 Å². The Morgan fingerprint density at radius 1 is 1.08 bits per heavy atom. The average Bonchev–Trinajstić information content (AvgIpc) is 2.13. The van der Waals surface area contributed by atoms with Crippen molar-refractivity contribution in [2.75, 3.05) is 19.8 Å². The van der Waals surface area contributed by atoms with Crippen LogP contribution in [0.2, 0.25) is 0 Å². The van der Waals surface area contributed by atoms with Crippen molar-refractivity contribution in [2.24, 2.45) is 0 Å². The van der Waals surface area contributed by atoms with Crippen molar-refractivity contribution in [1.82, 2.24) is 0 Å². The minimum atomic E-state index is -0.0841. The van der Waals surface area contributed by atoms with Crippen molar-refractivity contribution in [3.63, 3.8) is 0 Å². The summed E-state index contributed by atoms with van der Waals surface area (Å²) in [4.78, 5) is 0. The number of hydrogen-bond acceptors (Lipinski definition) is 3. The first kappa shape index (κ1) is 12.4. The van der Waals surface area contributed by atoms with Gasteiger partial charge < -0.3 is 15.3 Å². The molecule has 0 aromatic rings. The summed E-state index contributed by atoms with van der Waals surface area (Å²) in [6.07, 6.45) is 5.23. The Hall–Kier alpha value is -0.640. The lowest BCUT2D eigenvalue weighted by atomic mass is 10.1. The zero-order chi connectivity index (χ0) is 10.1. The molecule has 0 radical (unpaired) electrons. The Bertz CT molecular complexity index is 177. The van der Waals surface area contributed by atoms with E-state index in [4.69, 9.17) is 15.3 Å². The predicted molar refractivity (Wildman–Crippen MR) is 52.3 cm³/mol. The Labute approximate surface area is 79.0 Å². The van der Waals surface area contributed by atoms with Crippen LogP contribution in [-0.4, -0.2) is 35.1 Å². The third-order valence-corrected chi connectivity index (χ3v) is 1.82. The molecule has 0 amide bonds. The molecule has 0 aromatic heterocycles. The van der Waals surface area contributed by atoms with Gasteiger partial charge in [-0.25, -0.2) is 0 Å². The van der Waals surface area contributed by atoms with Gasteiger partial charge in [-0.2, -0.15) is 0 Å². The molecule has 3 heteroatoms. The molecule has 0 atom stereocenters. The predicted octanol–water partition coefficient (Wildman–Crippen LogP) is 0.616. The molecule has 13 heavy (non-hydrogen) atoms. The fraction of sp³-hybridized carbons (Fsp3) is 0.600. The van der Waals surface area contributed by atoms with Crippen LogP contribution >= 0.6 is 0 Å². The molecule has 0 heterocycles. The number of aliphatic hydroxyl groups is 3. The SMILES string of the molecule is CC(=CCO)CCC=C(CO)CO. The van der Waals surface area contributed by atoms with Gasteiger partial charge in [-0.15, -0.1) is 0 Å². The van der Waals surface area contributed by atoms with Crippen molar-refractivity contribution in [2.45, 2.75) is 19.8 Å². The van der Waals surface area contributed by atoms with Crippen molar-refractivity contribution >= 4 is 0 Å². The Morgan fingerprint density at radius 2 is 1.69 bits per heavy atom. The van der Waals surface area contributed by atoms with E-state index in [-0.39, 0.29) is 19.8 Å². The van der Waals surface area contributed by atoms with E-state index in [0.717, 1.165) is 18.4 Å². The molecule has 0 bridgehead atoms.